The zero-order valence-electron chi connectivity index (χ0n) is 13.6. The Morgan fingerprint density at radius 2 is 2.15 bits per heavy atom. The third-order valence-corrected chi connectivity index (χ3v) is 5.20. The number of rotatable bonds is 2. The first-order chi connectivity index (χ1) is 12.5. The highest BCUT2D eigenvalue weighted by atomic mass is 32.1. The average Bonchev–Trinajstić information content (AvgIpc) is 3.29. The van der Waals surface area contributed by atoms with Gasteiger partial charge in [-0.2, -0.15) is 5.10 Å². The van der Waals surface area contributed by atoms with Crippen LogP contribution < -0.4 is 0 Å². The Hall–Kier alpha value is -3.47. The molecule has 5 aromatic rings. The quantitative estimate of drug-likeness (QED) is 0.376. The van der Waals surface area contributed by atoms with E-state index in [4.69, 9.17) is 0 Å². The Morgan fingerprint density at radius 1 is 1.31 bits per heavy atom. The molecule has 5 rings (SSSR count). The molecule has 0 unspecified atom stereocenters. The predicted octanol–water partition coefficient (Wildman–Crippen LogP) is 2.80. The Kier molecular flexibility index (Phi) is 2.86. The summed E-state index contributed by atoms with van der Waals surface area (Å²) < 4.78 is 2.35. The van der Waals surface area contributed by atoms with Gasteiger partial charge in [0.1, 0.15) is 22.1 Å². The van der Waals surface area contributed by atoms with E-state index >= 15 is 0 Å². The van der Waals surface area contributed by atoms with E-state index in [1.807, 2.05) is 19.9 Å². The molecule has 128 valence electrons. The third-order valence-electron chi connectivity index (χ3n) is 4.13. The fourth-order valence-corrected chi connectivity index (χ4v) is 4.28. The van der Waals surface area contributed by atoms with Crippen molar-refractivity contribution in [1.29, 1.82) is 0 Å². The number of nitro groups is 1. The summed E-state index contributed by atoms with van der Waals surface area (Å²) in [7, 11) is 0. The summed E-state index contributed by atoms with van der Waals surface area (Å²) in [6, 6.07) is 2.02. The lowest BCUT2D eigenvalue weighted by molar-refractivity contribution is -0.384. The van der Waals surface area contributed by atoms with Crippen molar-refractivity contribution < 1.29 is 4.92 Å². The van der Waals surface area contributed by atoms with Crippen LogP contribution in [0.25, 0.3) is 37.6 Å². The maximum absolute atomic E-state index is 11.1. The summed E-state index contributed by atoms with van der Waals surface area (Å²) in [5, 5.41) is 22.8. The minimum absolute atomic E-state index is 0.165. The van der Waals surface area contributed by atoms with Crippen molar-refractivity contribution in [1.82, 2.24) is 34.8 Å². The maximum atomic E-state index is 11.1. The van der Waals surface area contributed by atoms with E-state index in [0.717, 1.165) is 37.9 Å². The van der Waals surface area contributed by atoms with Crippen LogP contribution in [-0.2, 0) is 0 Å². The van der Waals surface area contributed by atoms with Crippen molar-refractivity contribution >= 4 is 43.1 Å². The van der Waals surface area contributed by atoms with Gasteiger partial charge in [-0.3, -0.25) is 15.2 Å². The van der Waals surface area contributed by atoms with Crippen LogP contribution in [0.15, 0.2) is 18.6 Å². The average molecular weight is 366 g/mol. The fraction of sp³-hybridized carbons (Fsp3) is 0.133. The fourth-order valence-electron chi connectivity index (χ4n) is 3.06. The van der Waals surface area contributed by atoms with E-state index in [2.05, 4.69) is 30.2 Å². The molecule has 0 atom stereocenters. The number of thiophene rings is 1. The number of aromatic nitrogens is 7. The van der Waals surface area contributed by atoms with Crippen LogP contribution in [0.3, 0.4) is 0 Å². The number of hydrogen-bond donors (Lipinski definition) is 1. The standard InChI is InChI=1S/C15H10N8O2S/c1-6-3-7(2)18-15-9(6)11-12(26-15)14-19-13(21-22(14)5-16-11)10-8(23(24)25)4-17-20-10/h3-5H,1-2H3,(H,17,20). The summed E-state index contributed by atoms with van der Waals surface area (Å²) in [4.78, 5) is 25.1. The van der Waals surface area contributed by atoms with Gasteiger partial charge in [-0.05, 0) is 25.5 Å². The second-order valence-corrected chi connectivity index (χ2v) is 6.88. The van der Waals surface area contributed by atoms with E-state index in [-0.39, 0.29) is 17.2 Å². The monoisotopic (exact) mass is 366 g/mol. The lowest BCUT2D eigenvalue weighted by Crippen LogP contribution is -1.92. The van der Waals surface area contributed by atoms with Crippen molar-refractivity contribution in [2.75, 3.05) is 0 Å². The highest BCUT2D eigenvalue weighted by Gasteiger charge is 2.23. The Bertz CT molecular complexity index is 1350. The van der Waals surface area contributed by atoms with E-state index in [0.29, 0.717) is 5.65 Å². The second-order valence-electron chi connectivity index (χ2n) is 5.88. The largest absolute Gasteiger partial charge is 0.318 e. The van der Waals surface area contributed by atoms with Gasteiger partial charge in [0.2, 0.25) is 5.82 Å². The molecular formula is C15H10N8O2S. The second kappa shape index (κ2) is 5.02. The maximum Gasteiger partial charge on any atom is 0.318 e. The molecule has 0 radical (unpaired) electrons. The molecule has 0 aromatic carbocycles. The van der Waals surface area contributed by atoms with Crippen molar-refractivity contribution in [2.24, 2.45) is 0 Å². The van der Waals surface area contributed by atoms with Gasteiger partial charge >= 0.3 is 5.69 Å². The smallest absolute Gasteiger partial charge is 0.268 e. The van der Waals surface area contributed by atoms with Crippen LogP contribution in [0.1, 0.15) is 11.3 Å². The minimum atomic E-state index is -0.520. The first-order valence-corrected chi connectivity index (χ1v) is 8.44. The summed E-state index contributed by atoms with van der Waals surface area (Å²) in [5.74, 6) is 0.196. The van der Waals surface area contributed by atoms with Gasteiger partial charge in [0, 0.05) is 11.1 Å². The molecule has 0 aliphatic heterocycles. The van der Waals surface area contributed by atoms with Crippen LogP contribution in [0.2, 0.25) is 0 Å². The molecular weight excluding hydrogens is 356 g/mol. The van der Waals surface area contributed by atoms with Gasteiger partial charge in [0.15, 0.2) is 11.3 Å². The van der Waals surface area contributed by atoms with Crippen LogP contribution >= 0.6 is 11.3 Å². The van der Waals surface area contributed by atoms with Gasteiger partial charge in [-0.1, -0.05) is 0 Å². The lowest BCUT2D eigenvalue weighted by Gasteiger charge is -1.98. The molecule has 11 heteroatoms. The number of H-pyrrole nitrogens is 1. The molecule has 26 heavy (non-hydrogen) atoms. The highest BCUT2D eigenvalue weighted by molar-refractivity contribution is 7.26. The van der Waals surface area contributed by atoms with Gasteiger partial charge in [0.25, 0.3) is 0 Å². The molecule has 10 nitrogen and oxygen atoms in total. The van der Waals surface area contributed by atoms with Gasteiger partial charge in [-0.15, -0.1) is 16.4 Å². The minimum Gasteiger partial charge on any atom is -0.268 e. The molecule has 5 aromatic heterocycles. The molecule has 0 saturated heterocycles. The van der Waals surface area contributed by atoms with Crippen LogP contribution in [0.5, 0.6) is 0 Å². The van der Waals surface area contributed by atoms with Crippen LogP contribution in [0, 0.1) is 24.0 Å². The Labute approximate surface area is 148 Å². The summed E-state index contributed by atoms with van der Waals surface area (Å²) in [6.07, 6.45) is 2.70. The van der Waals surface area contributed by atoms with Crippen LogP contribution in [-0.4, -0.2) is 39.7 Å². The van der Waals surface area contributed by atoms with Gasteiger partial charge in [0.05, 0.1) is 10.4 Å². The summed E-state index contributed by atoms with van der Waals surface area (Å²) in [6.45, 7) is 3.98. The van der Waals surface area contributed by atoms with E-state index in [9.17, 15) is 10.1 Å². The topological polar surface area (TPSA) is 128 Å². The third kappa shape index (κ3) is 1.94. The first-order valence-electron chi connectivity index (χ1n) is 7.63. The van der Waals surface area contributed by atoms with Crippen molar-refractivity contribution in [3.8, 4) is 11.5 Å². The molecule has 0 amide bonds. The summed E-state index contributed by atoms with van der Waals surface area (Å²) >= 11 is 1.48. The van der Waals surface area contributed by atoms with Crippen molar-refractivity contribution in [2.45, 2.75) is 13.8 Å². The first kappa shape index (κ1) is 14.8. The summed E-state index contributed by atoms with van der Waals surface area (Å²) in [5.41, 5.74) is 3.41. The van der Waals surface area contributed by atoms with E-state index in [1.165, 1.54) is 15.9 Å². The molecule has 0 saturated carbocycles. The van der Waals surface area contributed by atoms with E-state index < -0.39 is 4.92 Å². The molecule has 0 aliphatic carbocycles. The number of pyridine rings is 1. The zero-order chi connectivity index (χ0) is 18.0. The zero-order valence-corrected chi connectivity index (χ0v) is 14.4. The Balaban J connectivity index is 1.84. The Morgan fingerprint density at radius 3 is 2.96 bits per heavy atom. The number of nitrogens with zero attached hydrogens (tertiary/aromatic N) is 7. The molecule has 1 N–H and O–H groups in total. The molecule has 0 spiro atoms. The number of aryl methyl sites for hydroxylation is 2. The number of aromatic amines is 1. The number of fused-ring (bicyclic) bond motifs is 5. The molecule has 0 aliphatic rings. The van der Waals surface area contributed by atoms with Gasteiger partial charge in [-0.25, -0.2) is 19.5 Å². The molecule has 5 heterocycles. The predicted molar refractivity (Wildman–Crippen MR) is 95.2 cm³/mol. The van der Waals surface area contributed by atoms with Gasteiger partial charge < -0.3 is 0 Å². The normalized spacial score (nSPS) is 11.8. The number of nitrogens with one attached hydrogen (secondary N) is 1. The number of hydrogen-bond acceptors (Lipinski definition) is 8. The highest BCUT2D eigenvalue weighted by Crippen LogP contribution is 2.36. The molecule has 0 fully saturated rings. The van der Waals surface area contributed by atoms with E-state index in [1.54, 1.807) is 6.33 Å². The van der Waals surface area contributed by atoms with Crippen molar-refractivity contribution in [3.05, 3.63) is 40.0 Å². The van der Waals surface area contributed by atoms with Crippen LogP contribution in [0.4, 0.5) is 5.69 Å². The van der Waals surface area contributed by atoms with Crippen molar-refractivity contribution in [3.63, 3.8) is 0 Å². The molecule has 0 bridgehead atoms. The SMILES string of the molecule is Cc1cc(C)c2c(n1)sc1c2ncn2nc(-c3[nH]ncc3[N+](=O)[O-])nc12. The lowest BCUT2D eigenvalue weighted by atomic mass is 10.1.